The molecule has 3 unspecified atom stereocenters. The van der Waals surface area contributed by atoms with Crippen molar-refractivity contribution in [2.75, 3.05) is 0 Å². The van der Waals surface area contributed by atoms with E-state index in [0.29, 0.717) is 25.7 Å². The Morgan fingerprint density at radius 2 is 2.00 bits per heavy atom. The van der Waals surface area contributed by atoms with Gasteiger partial charge in [0.05, 0.1) is 0 Å². The number of ketones is 2. The molecule has 3 atom stereocenters. The Hall–Kier alpha value is -1.39. The van der Waals surface area contributed by atoms with E-state index in [4.69, 9.17) is 9.47 Å². The largest absolute Gasteiger partial charge is 0.509 e. The molecule has 0 heterocycles. The maximum Gasteiger partial charge on any atom is 0.509 e. The SMILES string of the molecule is CC1CCC(=O)C1(C)OC(=O)OC1CCCC1=O. The van der Waals surface area contributed by atoms with Crippen molar-refractivity contribution in [1.29, 1.82) is 0 Å². The summed E-state index contributed by atoms with van der Waals surface area (Å²) < 4.78 is 10.2. The molecule has 5 heteroatoms. The second-order valence-corrected chi connectivity index (χ2v) is 5.29. The van der Waals surface area contributed by atoms with Gasteiger partial charge in [-0.05, 0) is 26.2 Å². The fraction of sp³-hybridized carbons (Fsp3) is 0.769. The van der Waals surface area contributed by atoms with Crippen LogP contribution in [-0.4, -0.2) is 29.4 Å². The maximum absolute atomic E-state index is 11.7. The molecule has 0 amide bonds. The van der Waals surface area contributed by atoms with Gasteiger partial charge in [0, 0.05) is 18.8 Å². The number of carbonyl (C=O) groups is 3. The number of rotatable bonds is 2. The highest BCUT2D eigenvalue weighted by Crippen LogP contribution is 2.35. The van der Waals surface area contributed by atoms with Gasteiger partial charge in [0.2, 0.25) is 0 Å². The molecule has 0 aromatic heterocycles. The first-order valence-electron chi connectivity index (χ1n) is 6.39. The molecule has 2 rings (SSSR count). The van der Waals surface area contributed by atoms with E-state index >= 15 is 0 Å². The Morgan fingerprint density at radius 1 is 1.28 bits per heavy atom. The Balaban J connectivity index is 1.94. The topological polar surface area (TPSA) is 69.7 Å². The summed E-state index contributed by atoms with van der Waals surface area (Å²) in [5, 5.41) is 0. The summed E-state index contributed by atoms with van der Waals surface area (Å²) >= 11 is 0. The minimum Gasteiger partial charge on any atom is -0.423 e. The van der Waals surface area contributed by atoms with Crippen LogP contribution < -0.4 is 0 Å². The molecule has 0 radical (unpaired) electrons. The predicted octanol–water partition coefficient (Wildman–Crippen LogP) is 2.02. The van der Waals surface area contributed by atoms with Gasteiger partial charge in [-0.25, -0.2) is 4.79 Å². The van der Waals surface area contributed by atoms with Crippen LogP contribution in [0.3, 0.4) is 0 Å². The number of Topliss-reactive ketones (excluding diaryl/α,β-unsaturated/α-hetero) is 2. The Morgan fingerprint density at radius 3 is 2.50 bits per heavy atom. The quantitative estimate of drug-likeness (QED) is 0.705. The average Bonchev–Trinajstić information content (AvgIpc) is 2.79. The summed E-state index contributed by atoms with van der Waals surface area (Å²) in [6.07, 6.45) is 1.29. The van der Waals surface area contributed by atoms with Gasteiger partial charge in [-0.2, -0.15) is 0 Å². The van der Waals surface area contributed by atoms with Crippen LogP contribution in [0.1, 0.15) is 46.0 Å². The van der Waals surface area contributed by atoms with Gasteiger partial charge >= 0.3 is 6.16 Å². The van der Waals surface area contributed by atoms with Crippen molar-refractivity contribution in [3.63, 3.8) is 0 Å². The lowest BCUT2D eigenvalue weighted by atomic mass is 9.94. The zero-order valence-electron chi connectivity index (χ0n) is 10.7. The summed E-state index contributed by atoms with van der Waals surface area (Å²) in [4.78, 5) is 34.7. The second kappa shape index (κ2) is 4.71. The van der Waals surface area contributed by atoms with E-state index in [0.717, 1.165) is 6.42 Å². The summed E-state index contributed by atoms with van der Waals surface area (Å²) in [6.45, 7) is 3.49. The third-order valence-electron chi connectivity index (χ3n) is 4.08. The van der Waals surface area contributed by atoms with E-state index in [1.165, 1.54) is 0 Å². The van der Waals surface area contributed by atoms with Crippen LogP contribution in [-0.2, 0) is 19.1 Å². The fourth-order valence-corrected chi connectivity index (χ4v) is 2.53. The van der Waals surface area contributed by atoms with E-state index in [1.807, 2.05) is 6.92 Å². The molecule has 0 N–H and O–H groups in total. The molecular weight excluding hydrogens is 236 g/mol. The van der Waals surface area contributed by atoms with Crippen LogP contribution in [0, 0.1) is 5.92 Å². The normalized spacial score (nSPS) is 35.9. The van der Waals surface area contributed by atoms with Crippen LogP contribution in [0.5, 0.6) is 0 Å². The Kier molecular flexibility index (Phi) is 3.41. The zero-order valence-corrected chi connectivity index (χ0v) is 10.7. The highest BCUT2D eigenvalue weighted by Gasteiger charge is 2.48. The van der Waals surface area contributed by atoms with E-state index in [9.17, 15) is 14.4 Å². The van der Waals surface area contributed by atoms with E-state index in [-0.39, 0.29) is 17.5 Å². The highest BCUT2D eigenvalue weighted by molar-refractivity contribution is 5.91. The van der Waals surface area contributed by atoms with Crippen LogP contribution in [0.15, 0.2) is 0 Å². The van der Waals surface area contributed by atoms with Crippen molar-refractivity contribution >= 4 is 17.7 Å². The summed E-state index contributed by atoms with van der Waals surface area (Å²) in [5.41, 5.74) is -1.10. The monoisotopic (exact) mass is 254 g/mol. The van der Waals surface area contributed by atoms with Crippen LogP contribution in [0.25, 0.3) is 0 Å². The molecule has 100 valence electrons. The highest BCUT2D eigenvalue weighted by atomic mass is 16.7. The van der Waals surface area contributed by atoms with Gasteiger partial charge < -0.3 is 9.47 Å². The summed E-state index contributed by atoms with van der Waals surface area (Å²) in [7, 11) is 0. The van der Waals surface area contributed by atoms with Crippen molar-refractivity contribution in [3.05, 3.63) is 0 Å². The lowest BCUT2D eigenvalue weighted by molar-refractivity contribution is -0.140. The molecule has 0 aromatic rings. The van der Waals surface area contributed by atoms with Gasteiger partial charge in [0.1, 0.15) is 0 Å². The van der Waals surface area contributed by atoms with Gasteiger partial charge in [0.25, 0.3) is 0 Å². The molecule has 2 aliphatic carbocycles. The minimum atomic E-state index is -1.10. The fourth-order valence-electron chi connectivity index (χ4n) is 2.53. The lowest BCUT2D eigenvalue weighted by Crippen LogP contribution is -2.41. The van der Waals surface area contributed by atoms with E-state index in [1.54, 1.807) is 6.92 Å². The Bertz CT molecular complexity index is 389. The summed E-state index contributed by atoms with van der Waals surface area (Å²) in [6, 6.07) is 0. The standard InChI is InChI=1S/C13H18O5/c1-8-6-7-11(15)13(8,2)18-12(16)17-10-5-3-4-9(10)14/h8,10H,3-7H2,1-2H3. The lowest BCUT2D eigenvalue weighted by Gasteiger charge is -2.27. The number of ether oxygens (including phenoxy) is 2. The Labute approximate surface area is 106 Å². The van der Waals surface area contributed by atoms with Crippen LogP contribution in [0.4, 0.5) is 4.79 Å². The molecule has 0 aromatic carbocycles. The minimum absolute atomic E-state index is 0.0168. The van der Waals surface area contributed by atoms with Crippen molar-refractivity contribution in [1.82, 2.24) is 0 Å². The first kappa shape index (κ1) is 13.1. The van der Waals surface area contributed by atoms with Gasteiger partial charge in [-0.15, -0.1) is 0 Å². The molecule has 2 fully saturated rings. The first-order chi connectivity index (χ1) is 8.43. The van der Waals surface area contributed by atoms with Gasteiger partial charge in [-0.1, -0.05) is 6.92 Å². The number of hydrogen-bond donors (Lipinski definition) is 0. The van der Waals surface area contributed by atoms with Crippen LogP contribution in [0.2, 0.25) is 0 Å². The van der Waals surface area contributed by atoms with Crippen molar-refractivity contribution in [2.24, 2.45) is 5.92 Å². The van der Waals surface area contributed by atoms with Gasteiger partial charge in [0.15, 0.2) is 23.3 Å². The van der Waals surface area contributed by atoms with Crippen LogP contribution >= 0.6 is 0 Å². The molecule has 2 aliphatic rings. The molecule has 0 spiro atoms. The second-order valence-electron chi connectivity index (χ2n) is 5.29. The number of carbonyl (C=O) groups excluding carboxylic acids is 3. The smallest absolute Gasteiger partial charge is 0.423 e. The summed E-state index contributed by atoms with van der Waals surface area (Å²) in [5.74, 6) is -0.163. The average molecular weight is 254 g/mol. The molecule has 0 aliphatic heterocycles. The predicted molar refractivity (Wildman–Crippen MR) is 62.0 cm³/mol. The van der Waals surface area contributed by atoms with Crippen molar-refractivity contribution in [2.45, 2.75) is 57.7 Å². The first-order valence-corrected chi connectivity index (χ1v) is 6.39. The molecule has 0 bridgehead atoms. The number of hydrogen-bond acceptors (Lipinski definition) is 5. The van der Waals surface area contributed by atoms with E-state index in [2.05, 4.69) is 0 Å². The molecule has 2 saturated carbocycles. The molecule has 5 nitrogen and oxygen atoms in total. The molecule has 18 heavy (non-hydrogen) atoms. The maximum atomic E-state index is 11.7. The molecular formula is C13H18O5. The zero-order chi connectivity index (χ0) is 13.3. The third kappa shape index (κ3) is 2.26. The van der Waals surface area contributed by atoms with E-state index < -0.39 is 17.9 Å². The van der Waals surface area contributed by atoms with Gasteiger partial charge in [-0.3, -0.25) is 9.59 Å². The third-order valence-corrected chi connectivity index (χ3v) is 4.08. The van der Waals surface area contributed by atoms with Crippen molar-refractivity contribution < 1.29 is 23.9 Å². The van der Waals surface area contributed by atoms with Crippen molar-refractivity contribution in [3.8, 4) is 0 Å². The molecule has 0 saturated heterocycles.